The molecular formula is C10H10ClN3O4S2. The molecule has 0 radical (unpaired) electrons. The number of thiazole rings is 1. The van der Waals surface area contributed by atoms with Crippen LogP contribution in [0.2, 0.25) is 0 Å². The van der Waals surface area contributed by atoms with E-state index in [9.17, 15) is 18.5 Å². The van der Waals surface area contributed by atoms with Crippen molar-refractivity contribution in [1.29, 1.82) is 0 Å². The number of alkyl halides is 1. The Bertz CT molecular complexity index is 744. The third-order valence-electron chi connectivity index (χ3n) is 2.37. The number of nitro groups is 1. The van der Waals surface area contributed by atoms with E-state index >= 15 is 0 Å². The van der Waals surface area contributed by atoms with Crippen molar-refractivity contribution in [1.82, 2.24) is 4.98 Å². The maximum Gasteiger partial charge on any atom is 0.270 e. The van der Waals surface area contributed by atoms with Gasteiger partial charge in [0, 0.05) is 18.0 Å². The van der Waals surface area contributed by atoms with Crippen LogP contribution < -0.4 is 4.72 Å². The van der Waals surface area contributed by atoms with Gasteiger partial charge >= 0.3 is 0 Å². The largest absolute Gasteiger partial charge is 0.270 e. The Morgan fingerprint density at radius 1 is 1.45 bits per heavy atom. The monoisotopic (exact) mass is 335 g/mol. The van der Waals surface area contributed by atoms with Gasteiger partial charge < -0.3 is 0 Å². The predicted molar refractivity (Wildman–Crippen MR) is 79.0 cm³/mol. The highest BCUT2D eigenvalue weighted by atomic mass is 35.5. The number of hydrogen-bond acceptors (Lipinski definition) is 6. The highest BCUT2D eigenvalue weighted by Crippen LogP contribution is 2.29. The zero-order valence-corrected chi connectivity index (χ0v) is 12.5. The first kappa shape index (κ1) is 14.9. The van der Waals surface area contributed by atoms with Gasteiger partial charge in [-0.25, -0.2) is 13.4 Å². The van der Waals surface area contributed by atoms with Crippen LogP contribution in [0.25, 0.3) is 10.2 Å². The molecule has 1 aromatic heterocycles. The number of hydrogen-bond donors (Lipinski definition) is 1. The van der Waals surface area contributed by atoms with E-state index in [1.54, 1.807) is 0 Å². The summed E-state index contributed by atoms with van der Waals surface area (Å²) in [5, 5.41) is 10.9. The molecule has 0 aliphatic carbocycles. The zero-order chi connectivity index (χ0) is 14.8. The average molecular weight is 336 g/mol. The molecule has 0 saturated heterocycles. The molecule has 20 heavy (non-hydrogen) atoms. The highest BCUT2D eigenvalue weighted by molar-refractivity contribution is 7.92. The summed E-state index contributed by atoms with van der Waals surface area (Å²) in [6.45, 7) is 0. The molecule has 0 fully saturated rings. The molecule has 0 bridgehead atoms. The van der Waals surface area contributed by atoms with Crippen molar-refractivity contribution in [3.05, 3.63) is 28.3 Å². The number of nitrogens with one attached hydrogen (secondary N) is 1. The van der Waals surface area contributed by atoms with Gasteiger partial charge in [-0.3, -0.25) is 14.8 Å². The van der Waals surface area contributed by atoms with Crippen molar-refractivity contribution < 1.29 is 13.3 Å². The van der Waals surface area contributed by atoms with Gasteiger partial charge in [0.05, 0.1) is 20.9 Å². The summed E-state index contributed by atoms with van der Waals surface area (Å²) in [6, 6.07) is 4.18. The van der Waals surface area contributed by atoms with Crippen molar-refractivity contribution >= 4 is 54.0 Å². The van der Waals surface area contributed by atoms with Gasteiger partial charge in [0.15, 0.2) is 5.13 Å². The third kappa shape index (κ3) is 3.56. The number of rotatable bonds is 6. The first-order chi connectivity index (χ1) is 9.41. The summed E-state index contributed by atoms with van der Waals surface area (Å²) in [5.74, 6) is 0.166. The minimum atomic E-state index is -3.49. The number of halogens is 1. The van der Waals surface area contributed by atoms with Gasteiger partial charge in [-0.2, -0.15) is 0 Å². The van der Waals surface area contributed by atoms with E-state index in [1.165, 1.54) is 18.2 Å². The van der Waals surface area contributed by atoms with E-state index in [2.05, 4.69) is 9.71 Å². The summed E-state index contributed by atoms with van der Waals surface area (Å²) in [7, 11) is -3.49. The molecule has 0 saturated carbocycles. The molecule has 0 unspecified atom stereocenters. The molecule has 2 rings (SSSR count). The highest BCUT2D eigenvalue weighted by Gasteiger charge is 2.15. The standard InChI is InChI=1S/C10H10ClN3O4S2/c11-4-1-5-20(17,18)13-10-12-8-3-2-7(14(15)16)6-9(8)19-10/h2-3,6H,1,4-5H2,(H,12,13). The molecule has 1 aromatic carbocycles. The Balaban J connectivity index is 2.26. The average Bonchev–Trinajstić information content (AvgIpc) is 2.76. The zero-order valence-electron chi connectivity index (χ0n) is 10.1. The number of benzene rings is 1. The van der Waals surface area contributed by atoms with Gasteiger partial charge in [-0.05, 0) is 12.5 Å². The lowest BCUT2D eigenvalue weighted by Gasteiger charge is -2.02. The fourth-order valence-electron chi connectivity index (χ4n) is 1.50. The van der Waals surface area contributed by atoms with E-state index in [0.29, 0.717) is 16.6 Å². The number of nitro benzene ring substituents is 1. The van der Waals surface area contributed by atoms with Crippen molar-refractivity contribution in [2.75, 3.05) is 16.4 Å². The molecule has 1 N–H and O–H groups in total. The maximum atomic E-state index is 11.7. The van der Waals surface area contributed by atoms with Crippen LogP contribution in [-0.2, 0) is 10.0 Å². The third-order valence-corrected chi connectivity index (χ3v) is 5.03. The Morgan fingerprint density at radius 2 is 2.20 bits per heavy atom. The van der Waals surface area contributed by atoms with Crippen LogP contribution in [0.15, 0.2) is 18.2 Å². The van der Waals surface area contributed by atoms with Crippen LogP contribution in [-0.4, -0.2) is 30.0 Å². The molecule has 0 spiro atoms. The van der Waals surface area contributed by atoms with Gasteiger partial charge in [0.2, 0.25) is 10.0 Å². The number of nitrogens with zero attached hydrogens (tertiary/aromatic N) is 2. The Labute approximate surface area is 123 Å². The second kappa shape index (κ2) is 5.90. The fraction of sp³-hybridized carbons (Fsp3) is 0.300. The molecule has 0 amide bonds. The SMILES string of the molecule is O=[N+]([O-])c1ccc2nc(NS(=O)(=O)CCCCl)sc2c1. The van der Waals surface area contributed by atoms with E-state index in [4.69, 9.17) is 11.6 Å². The van der Waals surface area contributed by atoms with Crippen LogP contribution >= 0.6 is 22.9 Å². The second-order valence-electron chi connectivity index (χ2n) is 3.89. The normalized spacial score (nSPS) is 11.7. The first-order valence-electron chi connectivity index (χ1n) is 5.53. The lowest BCUT2D eigenvalue weighted by molar-refractivity contribution is -0.384. The van der Waals surface area contributed by atoms with E-state index in [-0.39, 0.29) is 22.5 Å². The van der Waals surface area contributed by atoms with Gasteiger partial charge in [-0.15, -0.1) is 11.6 Å². The minimum Gasteiger partial charge on any atom is -0.259 e. The number of non-ortho nitro benzene ring substituents is 1. The maximum absolute atomic E-state index is 11.7. The van der Waals surface area contributed by atoms with Crippen LogP contribution in [0.1, 0.15) is 6.42 Å². The molecule has 1 heterocycles. The second-order valence-corrected chi connectivity index (χ2v) is 7.14. The van der Waals surface area contributed by atoms with E-state index < -0.39 is 14.9 Å². The number of sulfonamides is 1. The smallest absolute Gasteiger partial charge is 0.259 e. The van der Waals surface area contributed by atoms with Gasteiger partial charge in [0.1, 0.15) is 0 Å². The molecule has 2 aromatic rings. The predicted octanol–water partition coefficient (Wildman–Crippen LogP) is 2.58. The Morgan fingerprint density at radius 3 is 2.85 bits per heavy atom. The molecule has 7 nitrogen and oxygen atoms in total. The lowest BCUT2D eigenvalue weighted by atomic mass is 10.3. The summed E-state index contributed by atoms with van der Waals surface area (Å²) in [4.78, 5) is 14.2. The fourth-order valence-corrected chi connectivity index (χ4v) is 4.03. The van der Waals surface area contributed by atoms with Crippen molar-refractivity contribution in [2.24, 2.45) is 0 Å². The minimum absolute atomic E-state index is 0.0577. The summed E-state index contributed by atoms with van der Waals surface area (Å²) >= 11 is 6.50. The Hall–Kier alpha value is -1.45. The number of anilines is 1. The molecule has 10 heteroatoms. The summed E-state index contributed by atoms with van der Waals surface area (Å²) < 4.78 is 26.3. The van der Waals surface area contributed by atoms with Crippen LogP contribution in [0.5, 0.6) is 0 Å². The Kier molecular flexibility index (Phi) is 4.41. The molecule has 0 aliphatic rings. The number of aromatic nitrogens is 1. The molecule has 0 atom stereocenters. The van der Waals surface area contributed by atoms with Crippen molar-refractivity contribution in [2.45, 2.75) is 6.42 Å². The van der Waals surface area contributed by atoms with Crippen LogP contribution in [0, 0.1) is 10.1 Å². The van der Waals surface area contributed by atoms with Gasteiger partial charge in [-0.1, -0.05) is 11.3 Å². The van der Waals surface area contributed by atoms with Crippen LogP contribution in [0.4, 0.5) is 10.8 Å². The molecule has 0 aliphatic heterocycles. The first-order valence-corrected chi connectivity index (χ1v) is 8.53. The molecular weight excluding hydrogens is 326 g/mol. The number of fused-ring (bicyclic) bond motifs is 1. The van der Waals surface area contributed by atoms with Gasteiger partial charge in [0.25, 0.3) is 5.69 Å². The lowest BCUT2D eigenvalue weighted by Crippen LogP contribution is -2.16. The van der Waals surface area contributed by atoms with E-state index in [1.807, 2.05) is 0 Å². The summed E-state index contributed by atoms with van der Waals surface area (Å²) in [6.07, 6.45) is 0.341. The topological polar surface area (TPSA) is 102 Å². The van der Waals surface area contributed by atoms with Crippen molar-refractivity contribution in [3.63, 3.8) is 0 Å². The van der Waals surface area contributed by atoms with E-state index in [0.717, 1.165) is 11.3 Å². The summed E-state index contributed by atoms with van der Waals surface area (Å²) in [5.41, 5.74) is 0.452. The van der Waals surface area contributed by atoms with Crippen LogP contribution in [0.3, 0.4) is 0 Å². The quantitative estimate of drug-likeness (QED) is 0.496. The van der Waals surface area contributed by atoms with Crippen molar-refractivity contribution in [3.8, 4) is 0 Å². The molecule has 108 valence electrons.